The number of aliphatic hydroxyl groups is 1. The first-order valence-corrected chi connectivity index (χ1v) is 15.8. The average Bonchev–Trinajstić information content (AvgIpc) is 3.48. The molecule has 3 aromatic rings. The number of hydrogen-bond acceptors (Lipinski definition) is 8. The predicted octanol–water partition coefficient (Wildman–Crippen LogP) is 6.64. The smallest absolute Gasteiger partial charge is 0.227 e. The Morgan fingerprint density at radius 1 is 1.13 bits per heavy atom. The van der Waals surface area contributed by atoms with Crippen LogP contribution in [0.1, 0.15) is 56.7 Å². The van der Waals surface area contributed by atoms with Crippen LogP contribution in [0.3, 0.4) is 0 Å². The number of allylic oxidation sites excluding steroid dienone is 5. The molecule has 1 saturated heterocycles. The number of anilines is 1. The lowest BCUT2D eigenvalue weighted by Crippen LogP contribution is -2.53. The molecule has 0 spiro atoms. The van der Waals surface area contributed by atoms with E-state index in [4.69, 9.17) is 9.97 Å². The third kappa shape index (κ3) is 6.75. The number of hydrogen-bond donors (Lipinski definition) is 1. The van der Waals surface area contributed by atoms with E-state index in [-0.39, 0.29) is 18.1 Å². The fourth-order valence-corrected chi connectivity index (χ4v) is 6.08. The highest BCUT2D eigenvalue weighted by Crippen LogP contribution is 2.38. The Bertz CT molecular complexity index is 1740. The molecule has 1 N–H and O–H groups in total. The van der Waals surface area contributed by atoms with Gasteiger partial charge in [-0.1, -0.05) is 31.3 Å². The lowest BCUT2D eigenvalue weighted by Gasteiger charge is -2.36. The van der Waals surface area contributed by atoms with Gasteiger partial charge in [-0.2, -0.15) is 5.26 Å². The van der Waals surface area contributed by atoms with Gasteiger partial charge in [0.1, 0.15) is 28.3 Å². The van der Waals surface area contributed by atoms with Crippen molar-refractivity contribution in [1.82, 2.24) is 19.8 Å². The van der Waals surface area contributed by atoms with Crippen LogP contribution in [0.5, 0.6) is 0 Å². The Morgan fingerprint density at radius 2 is 1.87 bits per heavy atom. The van der Waals surface area contributed by atoms with Gasteiger partial charge in [0.2, 0.25) is 5.91 Å². The highest BCUT2D eigenvalue weighted by Gasteiger charge is 2.29. The molecule has 1 aromatic carbocycles. The van der Waals surface area contributed by atoms with Crippen LogP contribution in [0.2, 0.25) is 0 Å². The van der Waals surface area contributed by atoms with Crippen LogP contribution >= 0.6 is 11.3 Å². The Kier molecular flexibility index (Phi) is 9.61. The third-order valence-electron chi connectivity index (χ3n) is 8.19. The number of nitrogens with zero attached hydrogens (tertiary/aromatic N) is 6. The monoisotopic (exact) mass is 624 g/mol. The zero-order chi connectivity index (χ0) is 32.2. The highest BCUT2D eigenvalue weighted by atomic mass is 32.1. The SMILES string of the molecule is CC/C(C)=C1/C=CC(c2ccc(CC(=O)N3CC(O)C3)cn2)=CN1/C(=C(\C)CC)N(C)c1nc(-c2ccc(F)cc2)c(C#N)s1. The van der Waals surface area contributed by atoms with Gasteiger partial charge in [0.25, 0.3) is 0 Å². The number of aliphatic hydroxyl groups excluding tert-OH is 1. The molecular formula is C35H37FN6O2S. The number of benzene rings is 1. The van der Waals surface area contributed by atoms with Gasteiger partial charge in [0.05, 0.1) is 18.2 Å². The summed E-state index contributed by atoms with van der Waals surface area (Å²) >= 11 is 1.30. The number of carbonyl (C=O) groups is 1. The Morgan fingerprint density at radius 3 is 2.47 bits per heavy atom. The second-order valence-corrected chi connectivity index (χ2v) is 12.3. The molecule has 45 heavy (non-hydrogen) atoms. The van der Waals surface area contributed by atoms with Gasteiger partial charge < -0.3 is 19.8 Å². The topological polar surface area (TPSA) is 96.6 Å². The van der Waals surface area contributed by atoms with Crippen LogP contribution in [0, 0.1) is 17.1 Å². The molecule has 0 atom stereocenters. The van der Waals surface area contributed by atoms with E-state index in [1.807, 2.05) is 24.1 Å². The van der Waals surface area contributed by atoms with Gasteiger partial charge in [-0.15, -0.1) is 0 Å². The summed E-state index contributed by atoms with van der Waals surface area (Å²) in [6, 6.07) is 12.2. The second kappa shape index (κ2) is 13.6. The zero-order valence-corrected chi connectivity index (χ0v) is 27.0. The maximum atomic E-state index is 13.6. The van der Waals surface area contributed by atoms with Crippen LogP contribution in [0.25, 0.3) is 16.8 Å². The molecule has 1 amide bonds. The van der Waals surface area contributed by atoms with Crippen molar-refractivity contribution < 1.29 is 14.3 Å². The first kappa shape index (κ1) is 31.8. The molecule has 0 saturated carbocycles. The summed E-state index contributed by atoms with van der Waals surface area (Å²) in [5.74, 6) is 0.565. The standard InChI is InChI=1S/C35H37FN6O2S/c1-6-22(3)30-15-11-26(29-14-8-24(18-38-29)16-32(44)41-20-28(43)21-41)19-42(30)34(23(4)7-2)40(5)35-39-33(31(17-37)45-35)25-9-12-27(36)13-10-25/h8-15,18-19,28,43H,6-7,16,20-21H2,1-5H3/b30-22-,34-23+. The number of nitriles is 1. The molecule has 0 unspecified atom stereocenters. The number of carbonyl (C=O) groups excluding carboxylic acids is 1. The van der Waals surface area contributed by atoms with Crippen LogP contribution < -0.4 is 4.90 Å². The van der Waals surface area contributed by atoms with Crippen LogP contribution in [0.15, 0.2) is 83.6 Å². The number of β-amino-alcohol motifs (C(OH)–C–C–N with tert-alkyl or cyclic N) is 1. The number of rotatable bonds is 9. The molecule has 4 heterocycles. The van der Waals surface area contributed by atoms with Crippen molar-refractivity contribution >= 4 is 27.9 Å². The Hall–Kier alpha value is -4.59. The minimum atomic E-state index is -0.423. The number of halogens is 1. The number of aromatic nitrogens is 2. The maximum Gasteiger partial charge on any atom is 0.227 e. The molecule has 0 bridgehead atoms. The minimum Gasteiger partial charge on any atom is -0.389 e. The summed E-state index contributed by atoms with van der Waals surface area (Å²) in [6.07, 6.45) is 9.45. The van der Waals surface area contributed by atoms with Gasteiger partial charge in [0.15, 0.2) is 5.13 Å². The lowest BCUT2D eigenvalue weighted by molar-refractivity contribution is -0.140. The van der Waals surface area contributed by atoms with Crippen molar-refractivity contribution in [2.75, 3.05) is 25.0 Å². The molecule has 0 radical (unpaired) electrons. The molecule has 2 aromatic heterocycles. The molecular weight excluding hydrogens is 587 g/mol. The van der Waals surface area contributed by atoms with Gasteiger partial charge in [-0.3, -0.25) is 9.78 Å². The third-order valence-corrected chi connectivity index (χ3v) is 9.22. The van der Waals surface area contributed by atoms with Crippen molar-refractivity contribution in [3.63, 3.8) is 0 Å². The Balaban J connectivity index is 1.50. The summed E-state index contributed by atoms with van der Waals surface area (Å²) in [5.41, 5.74) is 7.09. The second-order valence-electron chi connectivity index (χ2n) is 11.3. The molecule has 232 valence electrons. The molecule has 1 fully saturated rings. The average molecular weight is 625 g/mol. The van der Waals surface area contributed by atoms with E-state index in [0.29, 0.717) is 34.4 Å². The highest BCUT2D eigenvalue weighted by molar-refractivity contribution is 7.16. The molecule has 0 aliphatic carbocycles. The largest absolute Gasteiger partial charge is 0.389 e. The quantitative estimate of drug-likeness (QED) is 0.285. The van der Waals surface area contributed by atoms with E-state index < -0.39 is 6.10 Å². The molecule has 10 heteroatoms. The fraction of sp³-hybridized carbons (Fsp3) is 0.314. The van der Waals surface area contributed by atoms with Crippen molar-refractivity contribution in [2.24, 2.45) is 0 Å². The van der Waals surface area contributed by atoms with Crippen molar-refractivity contribution in [1.29, 1.82) is 5.26 Å². The van der Waals surface area contributed by atoms with E-state index in [0.717, 1.165) is 46.8 Å². The number of pyridine rings is 1. The van der Waals surface area contributed by atoms with Gasteiger partial charge in [-0.25, -0.2) is 9.37 Å². The lowest BCUT2D eigenvalue weighted by atomic mass is 10.0. The van der Waals surface area contributed by atoms with Gasteiger partial charge in [-0.05, 0) is 85.9 Å². The number of likely N-dealkylation sites (tertiary alicyclic amines) is 1. The van der Waals surface area contributed by atoms with E-state index in [2.05, 4.69) is 57.0 Å². The summed E-state index contributed by atoms with van der Waals surface area (Å²) in [6.45, 7) is 9.23. The summed E-state index contributed by atoms with van der Waals surface area (Å²) < 4.78 is 13.6. The summed E-state index contributed by atoms with van der Waals surface area (Å²) in [5, 5.41) is 20.1. The van der Waals surface area contributed by atoms with Crippen molar-refractivity contribution in [2.45, 2.75) is 53.1 Å². The number of thiazole rings is 1. The predicted molar refractivity (Wildman–Crippen MR) is 176 cm³/mol. The van der Waals surface area contributed by atoms with Crippen molar-refractivity contribution in [3.05, 3.63) is 106 Å². The maximum absolute atomic E-state index is 13.6. The van der Waals surface area contributed by atoms with Crippen LogP contribution in [-0.4, -0.2) is 57.0 Å². The van der Waals surface area contributed by atoms with E-state index in [1.165, 1.54) is 29.0 Å². The molecule has 2 aliphatic rings. The van der Waals surface area contributed by atoms with Gasteiger partial charge in [0, 0.05) is 49.4 Å². The van der Waals surface area contributed by atoms with E-state index in [9.17, 15) is 19.6 Å². The van der Waals surface area contributed by atoms with Gasteiger partial charge >= 0.3 is 0 Å². The van der Waals surface area contributed by atoms with Crippen LogP contribution in [-0.2, 0) is 11.2 Å². The van der Waals surface area contributed by atoms with Crippen molar-refractivity contribution in [3.8, 4) is 17.3 Å². The first-order chi connectivity index (χ1) is 21.6. The molecule has 5 rings (SSSR count). The Labute approximate surface area is 267 Å². The summed E-state index contributed by atoms with van der Waals surface area (Å²) in [7, 11) is 1.95. The molecule has 2 aliphatic heterocycles. The first-order valence-electron chi connectivity index (χ1n) is 15.0. The number of amides is 1. The van der Waals surface area contributed by atoms with E-state index >= 15 is 0 Å². The zero-order valence-electron chi connectivity index (χ0n) is 26.2. The minimum absolute atomic E-state index is 0.0141. The summed E-state index contributed by atoms with van der Waals surface area (Å²) in [4.78, 5) is 28.4. The van der Waals surface area contributed by atoms with Crippen LogP contribution in [0.4, 0.5) is 9.52 Å². The van der Waals surface area contributed by atoms with E-state index in [1.54, 1.807) is 23.2 Å². The fourth-order valence-electron chi connectivity index (χ4n) is 5.24. The molecule has 8 nitrogen and oxygen atoms in total. The normalized spacial score (nSPS) is 16.5.